The molecule has 0 unspecified atom stereocenters. The summed E-state index contributed by atoms with van der Waals surface area (Å²) in [7, 11) is 0. The van der Waals surface area contributed by atoms with Crippen LogP contribution in [0.5, 0.6) is 0 Å². The Morgan fingerprint density at radius 1 is 0.875 bits per heavy atom. The third-order valence-electron chi connectivity index (χ3n) is 4.26. The molecule has 0 radical (unpaired) electrons. The smallest absolute Gasteiger partial charge is 0.123 e. The molecule has 3 aromatic rings. The van der Waals surface area contributed by atoms with E-state index in [2.05, 4.69) is 48.7 Å². The van der Waals surface area contributed by atoms with Gasteiger partial charge in [0.2, 0.25) is 0 Å². The van der Waals surface area contributed by atoms with Crippen molar-refractivity contribution in [1.82, 2.24) is 4.57 Å². The molecular weight excluding hydrogens is 297 g/mol. The van der Waals surface area contributed by atoms with Crippen LogP contribution < -0.4 is 0 Å². The molecule has 2 aromatic carbocycles. The number of para-hydroxylation sites is 1. The molecule has 1 nitrogen and oxygen atoms in total. The van der Waals surface area contributed by atoms with Crippen LogP contribution in [0.15, 0.2) is 54.6 Å². The molecule has 0 bridgehead atoms. The van der Waals surface area contributed by atoms with Crippen LogP contribution >= 0.6 is 0 Å². The summed E-state index contributed by atoms with van der Waals surface area (Å²) in [5.74, 6) is -0.171. The van der Waals surface area contributed by atoms with Gasteiger partial charge in [0.25, 0.3) is 0 Å². The maximum Gasteiger partial charge on any atom is 0.123 e. The summed E-state index contributed by atoms with van der Waals surface area (Å²) in [5.41, 5.74) is 3.86. The largest absolute Gasteiger partial charge is 0.345 e. The van der Waals surface area contributed by atoms with Gasteiger partial charge in [-0.1, -0.05) is 62.1 Å². The van der Waals surface area contributed by atoms with Crippen molar-refractivity contribution in [2.45, 2.75) is 53.0 Å². The number of hydrogen-bond donors (Lipinski definition) is 0. The third kappa shape index (κ3) is 5.23. The zero-order chi connectivity index (χ0) is 17.4. The van der Waals surface area contributed by atoms with E-state index >= 15 is 0 Å². The summed E-state index contributed by atoms with van der Waals surface area (Å²) in [6.07, 6.45) is 5.32. The SMILES string of the molecule is CCCCCCn1c(C)cc2ccccc21.Cc1ccc(F)cc1. The summed E-state index contributed by atoms with van der Waals surface area (Å²) < 4.78 is 14.5. The Bertz CT molecular complexity index is 719. The van der Waals surface area contributed by atoms with E-state index in [1.807, 2.05) is 6.92 Å². The van der Waals surface area contributed by atoms with Crippen molar-refractivity contribution in [2.24, 2.45) is 0 Å². The molecule has 0 aliphatic heterocycles. The first-order valence-corrected chi connectivity index (χ1v) is 8.89. The zero-order valence-electron chi connectivity index (χ0n) is 15.1. The van der Waals surface area contributed by atoms with Crippen molar-refractivity contribution >= 4 is 10.9 Å². The van der Waals surface area contributed by atoms with Crippen molar-refractivity contribution in [3.63, 3.8) is 0 Å². The van der Waals surface area contributed by atoms with E-state index in [1.165, 1.54) is 61.0 Å². The molecule has 0 fully saturated rings. The van der Waals surface area contributed by atoms with Crippen molar-refractivity contribution in [3.8, 4) is 0 Å². The Kier molecular flexibility index (Phi) is 7.05. The van der Waals surface area contributed by atoms with Crippen molar-refractivity contribution in [3.05, 3.63) is 71.7 Å². The lowest BCUT2D eigenvalue weighted by Gasteiger charge is -2.07. The highest BCUT2D eigenvalue weighted by molar-refractivity contribution is 5.81. The Hall–Kier alpha value is -2.09. The maximum atomic E-state index is 12.1. The lowest BCUT2D eigenvalue weighted by molar-refractivity contribution is 0.586. The van der Waals surface area contributed by atoms with Crippen molar-refractivity contribution in [1.29, 1.82) is 0 Å². The van der Waals surface area contributed by atoms with Crippen LogP contribution in [0.2, 0.25) is 0 Å². The highest BCUT2D eigenvalue weighted by atomic mass is 19.1. The number of unbranched alkanes of at least 4 members (excludes halogenated alkanes) is 3. The Labute approximate surface area is 145 Å². The van der Waals surface area contributed by atoms with Gasteiger partial charge in [0.15, 0.2) is 0 Å². The first-order chi connectivity index (χ1) is 11.6. The van der Waals surface area contributed by atoms with Gasteiger partial charge in [0, 0.05) is 17.8 Å². The van der Waals surface area contributed by atoms with E-state index in [1.54, 1.807) is 12.1 Å². The van der Waals surface area contributed by atoms with Gasteiger partial charge in [0.05, 0.1) is 0 Å². The molecule has 0 aliphatic rings. The fraction of sp³-hybridized carbons (Fsp3) is 0.364. The van der Waals surface area contributed by atoms with Crippen LogP contribution in [0.4, 0.5) is 4.39 Å². The summed E-state index contributed by atoms with van der Waals surface area (Å²) in [6, 6.07) is 17.4. The quantitative estimate of drug-likeness (QED) is 0.462. The van der Waals surface area contributed by atoms with Crippen LogP contribution in [-0.2, 0) is 6.54 Å². The van der Waals surface area contributed by atoms with Crippen LogP contribution in [0.3, 0.4) is 0 Å². The van der Waals surface area contributed by atoms with Gasteiger partial charge >= 0.3 is 0 Å². The highest BCUT2D eigenvalue weighted by Gasteiger charge is 2.03. The second-order valence-corrected chi connectivity index (χ2v) is 6.35. The van der Waals surface area contributed by atoms with Gasteiger partial charge in [-0.15, -0.1) is 0 Å². The number of aromatic nitrogens is 1. The standard InChI is InChI=1S/C15H21N.C7H7F/c1-3-4-5-8-11-16-13(2)12-14-9-6-7-10-15(14)16;1-6-2-4-7(8)5-3-6/h6-7,9-10,12H,3-5,8,11H2,1-2H3;2-5H,1H3. The van der Waals surface area contributed by atoms with Gasteiger partial charge < -0.3 is 4.57 Å². The minimum atomic E-state index is -0.171. The molecule has 3 rings (SSSR count). The average molecular weight is 325 g/mol. The predicted octanol–water partition coefficient (Wildman–Crippen LogP) is 6.66. The second kappa shape index (κ2) is 9.27. The van der Waals surface area contributed by atoms with Crippen molar-refractivity contribution in [2.75, 3.05) is 0 Å². The van der Waals surface area contributed by atoms with Gasteiger partial charge in [-0.2, -0.15) is 0 Å². The molecule has 0 saturated carbocycles. The normalized spacial score (nSPS) is 10.5. The fourth-order valence-corrected chi connectivity index (χ4v) is 2.88. The first kappa shape index (κ1) is 18.3. The van der Waals surface area contributed by atoms with Crippen LogP contribution in [-0.4, -0.2) is 4.57 Å². The molecule has 0 aliphatic carbocycles. The van der Waals surface area contributed by atoms with Gasteiger partial charge in [-0.05, 0) is 49.9 Å². The van der Waals surface area contributed by atoms with E-state index < -0.39 is 0 Å². The highest BCUT2D eigenvalue weighted by Crippen LogP contribution is 2.20. The second-order valence-electron chi connectivity index (χ2n) is 6.35. The zero-order valence-corrected chi connectivity index (χ0v) is 15.1. The van der Waals surface area contributed by atoms with Crippen LogP contribution in [0.1, 0.15) is 43.9 Å². The number of benzene rings is 2. The Morgan fingerprint density at radius 2 is 1.58 bits per heavy atom. The van der Waals surface area contributed by atoms with E-state index in [4.69, 9.17) is 0 Å². The summed E-state index contributed by atoms with van der Waals surface area (Å²) in [6.45, 7) is 7.56. The number of fused-ring (bicyclic) bond motifs is 1. The number of aryl methyl sites for hydroxylation is 3. The molecule has 1 heterocycles. The molecule has 0 amide bonds. The number of rotatable bonds is 5. The molecule has 0 atom stereocenters. The first-order valence-electron chi connectivity index (χ1n) is 8.89. The van der Waals surface area contributed by atoms with Crippen molar-refractivity contribution < 1.29 is 4.39 Å². The summed E-state index contributed by atoms with van der Waals surface area (Å²) in [5, 5.41) is 1.37. The van der Waals surface area contributed by atoms with Crippen LogP contribution in [0.25, 0.3) is 10.9 Å². The topological polar surface area (TPSA) is 4.93 Å². The predicted molar refractivity (Wildman–Crippen MR) is 102 cm³/mol. The molecule has 128 valence electrons. The minimum Gasteiger partial charge on any atom is -0.345 e. The third-order valence-corrected chi connectivity index (χ3v) is 4.26. The molecule has 1 aromatic heterocycles. The van der Waals surface area contributed by atoms with Gasteiger partial charge in [-0.3, -0.25) is 0 Å². The Morgan fingerprint density at radius 3 is 2.25 bits per heavy atom. The minimum absolute atomic E-state index is 0.171. The van der Waals surface area contributed by atoms with Crippen LogP contribution in [0, 0.1) is 19.7 Å². The molecular formula is C22H28FN. The van der Waals surface area contributed by atoms with Gasteiger partial charge in [-0.25, -0.2) is 4.39 Å². The van der Waals surface area contributed by atoms with Gasteiger partial charge in [0.1, 0.15) is 5.82 Å². The maximum absolute atomic E-state index is 12.1. The Balaban J connectivity index is 0.000000219. The molecule has 0 N–H and O–H groups in total. The van der Waals surface area contributed by atoms with E-state index in [-0.39, 0.29) is 5.82 Å². The fourth-order valence-electron chi connectivity index (χ4n) is 2.88. The number of nitrogens with zero attached hydrogens (tertiary/aromatic N) is 1. The average Bonchev–Trinajstić information content (AvgIpc) is 2.90. The molecule has 0 spiro atoms. The van der Waals surface area contributed by atoms with E-state index in [0.29, 0.717) is 0 Å². The van der Waals surface area contributed by atoms with E-state index in [9.17, 15) is 4.39 Å². The van der Waals surface area contributed by atoms with E-state index in [0.717, 1.165) is 5.56 Å². The lowest BCUT2D eigenvalue weighted by atomic mass is 10.2. The summed E-state index contributed by atoms with van der Waals surface area (Å²) in [4.78, 5) is 0. The number of halogens is 1. The molecule has 24 heavy (non-hydrogen) atoms. The molecule has 2 heteroatoms. The lowest BCUT2D eigenvalue weighted by Crippen LogP contribution is -1.99. The molecule has 0 saturated heterocycles. The number of hydrogen-bond acceptors (Lipinski definition) is 0. The summed E-state index contributed by atoms with van der Waals surface area (Å²) >= 11 is 0. The monoisotopic (exact) mass is 325 g/mol.